The van der Waals surface area contributed by atoms with Crippen LogP contribution in [0, 0.1) is 0 Å². The molecule has 0 saturated carbocycles. The molecule has 1 aromatic carbocycles. The van der Waals surface area contributed by atoms with E-state index in [1.807, 2.05) is 12.3 Å². The van der Waals surface area contributed by atoms with E-state index in [4.69, 9.17) is 0 Å². The minimum atomic E-state index is -1.06. The van der Waals surface area contributed by atoms with Crippen molar-refractivity contribution in [2.45, 2.75) is 51.3 Å². The lowest BCUT2D eigenvalue weighted by Crippen LogP contribution is -2.37. The first-order chi connectivity index (χ1) is 9.94. The highest BCUT2D eigenvalue weighted by atomic mass is 32.2. The Kier molecular flexibility index (Phi) is 5.12. The lowest BCUT2D eigenvalue weighted by molar-refractivity contribution is 0.564. The minimum absolute atomic E-state index is 0.0551. The van der Waals surface area contributed by atoms with Gasteiger partial charge in [0.15, 0.2) is 0 Å². The third-order valence-electron chi connectivity index (χ3n) is 3.80. The molecule has 2 aromatic rings. The molecule has 0 aliphatic heterocycles. The second kappa shape index (κ2) is 6.67. The van der Waals surface area contributed by atoms with Gasteiger partial charge in [-0.25, -0.2) is 8.93 Å². The van der Waals surface area contributed by atoms with Crippen molar-refractivity contribution < 1.29 is 4.21 Å². The maximum absolute atomic E-state index is 12.5. The first kappa shape index (κ1) is 16.1. The predicted octanol–water partition coefficient (Wildman–Crippen LogP) is 4.13. The van der Waals surface area contributed by atoms with Gasteiger partial charge in [-0.2, -0.15) is 0 Å². The van der Waals surface area contributed by atoms with Gasteiger partial charge in [-0.15, -0.1) is 0 Å². The molecule has 0 aliphatic rings. The molecule has 2 unspecified atom stereocenters. The van der Waals surface area contributed by atoms with Crippen molar-refractivity contribution in [1.82, 2.24) is 9.71 Å². The average Bonchev–Trinajstić information content (AvgIpc) is 2.46. The lowest BCUT2D eigenvalue weighted by Gasteiger charge is -2.26. The number of fused-ring (bicyclic) bond motifs is 1. The van der Waals surface area contributed by atoms with E-state index in [0.29, 0.717) is 0 Å². The van der Waals surface area contributed by atoms with Gasteiger partial charge in [-0.1, -0.05) is 25.5 Å². The number of pyridine rings is 1. The molecule has 21 heavy (non-hydrogen) atoms. The Morgan fingerprint density at radius 3 is 2.76 bits per heavy atom. The molecule has 0 aliphatic carbocycles. The van der Waals surface area contributed by atoms with Crippen molar-refractivity contribution in [3.05, 3.63) is 42.2 Å². The summed E-state index contributed by atoms with van der Waals surface area (Å²) in [5, 5.41) is 2.29. The van der Waals surface area contributed by atoms with E-state index in [2.05, 4.69) is 55.6 Å². The summed E-state index contributed by atoms with van der Waals surface area (Å²) in [6, 6.07) is 8.34. The van der Waals surface area contributed by atoms with Crippen LogP contribution in [0.2, 0.25) is 0 Å². The van der Waals surface area contributed by atoms with Gasteiger partial charge in [0.1, 0.15) is 0 Å². The van der Waals surface area contributed by atoms with Crippen molar-refractivity contribution in [3.8, 4) is 0 Å². The molecule has 1 N–H and O–H groups in total. The van der Waals surface area contributed by atoms with Crippen LogP contribution in [0.4, 0.5) is 0 Å². The smallest absolute Gasteiger partial charge is 0.0978 e. The summed E-state index contributed by atoms with van der Waals surface area (Å²) in [6.07, 6.45) is 5.65. The molecule has 0 bridgehead atoms. The zero-order valence-electron chi connectivity index (χ0n) is 13.2. The Labute approximate surface area is 129 Å². The van der Waals surface area contributed by atoms with Crippen LogP contribution in [-0.4, -0.2) is 13.9 Å². The topological polar surface area (TPSA) is 42.0 Å². The van der Waals surface area contributed by atoms with Crippen LogP contribution in [-0.2, 0) is 11.0 Å². The van der Waals surface area contributed by atoms with E-state index in [0.717, 1.165) is 29.2 Å². The fraction of sp³-hybridized carbons (Fsp3) is 0.471. The lowest BCUT2D eigenvalue weighted by atomic mass is 10.1. The van der Waals surface area contributed by atoms with Crippen LogP contribution < -0.4 is 4.72 Å². The quantitative estimate of drug-likeness (QED) is 0.872. The van der Waals surface area contributed by atoms with Crippen molar-refractivity contribution in [2.24, 2.45) is 0 Å². The normalized spacial score (nSPS) is 15.0. The number of nitrogens with zero attached hydrogens (tertiary/aromatic N) is 1. The van der Waals surface area contributed by atoms with Crippen LogP contribution >= 0.6 is 0 Å². The van der Waals surface area contributed by atoms with Crippen LogP contribution in [0.15, 0.2) is 36.7 Å². The first-order valence-corrected chi connectivity index (χ1v) is 8.61. The van der Waals surface area contributed by atoms with E-state index < -0.39 is 11.0 Å². The number of nitrogens with one attached hydrogen (secondary N) is 1. The van der Waals surface area contributed by atoms with Crippen molar-refractivity contribution in [1.29, 1.82) is 0 Å². The van der Waals surface area contributed by atoms with Crippen molar-refractivity contribution in [3.63, 3.8) is 0 Å². The number of hydrogen-bond donors (Lipinski definition) is 1. The van der Waals surface area contributed by atoms with E-state index in [1.54, 1.807) is 6.20 Å². The maximum Gasteiger partial charge on any atom is 0.0978 e. The standard InChI is InChI=1S/C17H24N2OS/c1-5-9-17(3,4)21(20)19-13(2)14-6-7-16-12-18-10-8-15(16)11-14/h6-8,10-13,19H,5,9H2,1-4H3. The summed E-state index contributed by atoms with van der Waals surface area (Å²) in [5.41, 5.74) is 1.15. The maximum atomic E-state index is 12.5. The molecule has 0 amide bonds. The Balaban J connectivity index is 2.15. The van der Waals surface area contributed by atoms with E-state index in [-0.39, 0.29) is 10.8 Å². The minimum Gasteiger partial charge on any atom is -0.264 e. The molecular weight excluding hydrogens is 280 g/mol. The average molecular weight is 304 g/mol. The summed E-state index contributed by atoms with van der Waals surface area (Å²) in [7, 11) is -1.06. The molecule has 0 spiro atoms. The third-order valence-corrected chi connectivity index (χ3v) is 5.58. The highest BCUT2D eigenvalue weighted by Gasteiger charge is 2.26. The van der Waals surface area contributed by atoms with Gasteiger partial charge in [0.05, 0.1) is 15.7 Å². The van der Waals surface area contributed by atoms with Gasteiger partial charge >= 0.3 is 0 Å². The Hall–Kier alpha value is -1.26. The van der Waals surface area contributed by atoms with Crippen LogP contribution in [0.5, 0.6) is 0 Å². The van der Waals surface area contributed by atoms with Gasteiger partial charge in [0, 0.05) is 23.8 Å². The summed E-state index contributed by atoms with van der Waals surface area (Å²) in [5.74, 6) is 0. The van der Waals surface area contributed by atoms with Crippen LogP contribution in [0.3, 0.4) is 0 Å². The van der Waals surface area contributed by atoms with E-state index >= 15 is 0 Å². The van der Waals surface area contributed by atoms with Gasteiger partial charge in [-0.05, 0) is 50.3 Å². The fourth-order valence-corrected chi connectivity index (χ4v) is 3.62. The number of aromatic nitrogens is 1. The largest absolute Gasteiger partial charge is 0.264 e. The zero-order valence-corrected chi connectivity index (χ0v) is 14.0. The Morgan fingerprint density at radius 2 is 2.05 bits per heavy atom. The molecule has 1 aromatic heterocycles. The molecule has 2 atom stereocenters. The predicted molar refractivity (Wildman–Crippen MR) is 90.4 cm³/mol. The molecule has 114 valence electrons. The van der Waals surface area contributed by atoms with Gasteiger partial charge in [0.25, 0.3) is 0 Å². The van der Waals surface area contributed by atoms with Crippen LogP contribution in [0.1, 0.15) is 52.1 Å². The monoisotopic (exact) mass is 304 g/mol. The molecule has 3 nitrogen and oxygen atoms in total. The number of rotatable bonds is 6. The highest BCUT2D eigenvalue weighted by Crippen LogP contribution is 2.23. The molecule has 2 rings (SSSR count). The van der Waals surface area contributed by atoms with E-state index in [9.17, 15) is 4.21 Å². The Morgan fingerprint density at radius 1 is 1.29 bits per heavy atom. The second-order valence-electron chi connectivity index (χ2n) is 6.10. The molecule has 0 fully saturated rings. The molecule has 0 radical (unpaired) electrons. The summed E-state index contributed by atoms with van der Waals surface area (Å²) < 4.78 is 15.5. The van der Waals surface area contributed by atoms with Crippen molar-refractivity contribution in [2.75, 3.05) is 0 Å². The summed E-state index contributed by atoms with van der Waals surface area (Å²) >= 11 is 0. The zero-order chi connectivity index (χ0) is 15.5. The summed E-state index contributed by atoms with van der Waals surface area (Å²) in [6.45, 7) is 8.29. The highest BCUT2D eigenvalue weighted by molar-refractivity contribution is 7.84. The molecule has 1 heterocycles. The molecule has 4 heteroatoms. The van der Waals surface area contributed by atoms with Gasteiger partial charge in [0.2, 0.25) is 0 Å². The third kappa shape index (κ3) is 3.89. The SMILES string of the molecule is CCCC(C)(C)S(=O)NC(C)c1ccc2cnccc2c1. The first-order valence-electron chi connectivity index (χ1n) is 7.46. The number of hydrogen-bond acceptors (Lipinski definition) is 2. The second-order valence-corrected chi connectivity index (χ2v) is 7.98. The molecule has 0 saturated heterocycles. The van der Waals surface area contributed by atoms with Gasteiger partial charge in [-0.3, -0.25) is 4.98 Å². The fourth-order valence-electron chi connectivity index (χ4n) is 2.45. The summed E-state index contributed by atoms with van der Waals surface area (Å²) in [4.78, 5) is 4.12. The molecular formula is C17H24N2OS. The number of benzene rings is 1. The van der Waals surface area contributed by atoms with Crippen molar-refractivity contribution >= 4 is 21.8 Å². The van der Waals surface area contributed by atoms with Gasteiger partial charge < -0.3 is 0 Å². The van der Waals surface area contributed by atoms with E-state index in [1.165, 1.54) is 0 Å². The Bertz CT molecular complexity index is 639. The van der Waals surface area contributed by atoms with Crippen LogP contribution in [0.25, 0.3) is 10.8 Å².